The molecule has 154 valence electrons. The van der Waals surface area contributed by atoms with Gasteiger partial charge in [-0.05, 0) is 55.5 Å². The Morgan fingerprint density at radius 2 is 1.87 bits per heavy atom. The lowest BCUT2D eigenvalue weighted by atomic mass is 9.73. The maximum Gasteiger partial charge on any atom is 0.255 e. The van der Waals surface area contributed by atoms with Gasteiger partial charge in [0.25, 0.3) is 5.91 Å². The Hall–Kier alpha value is -3.28. The van der Waals surface area contributed by atoms with Crippen molar-refractivity contribution in [2.24, 2.45) is 5.92 Å². The molecule has 2 aromatic rings. The number of amides is 1. The van der Waals surface area contributed by atoms with Gasteiger partial charge in [-0.1, -0.05) is 25.1 Å². The predicted molar refractivity (Wildman–Crippen MR) is 113 cm³/mol. The van der Waals surface area contributed by atoms with E-state index < -0.39 is 5.92 Å². The number of dihydropyridines is 1. The quantitative estimate of drug-likeness (QED) is 0.795. The molecular weight excluding hydrogens is 381 g/mol. The Morgan fingerprint density at radius 1 is 1.13 bits per heavy atom. The van der Waals surface area contributed by atoms with E-state index in [1.165, 1.54) is 12.1 Å². The average molecular weight is 405 g/mol. The van der Waals surface area contributed by atoms with Gasteiger partial charge in [0.1, 0.15) is 11.6 Å². The predicted octanol–water partition coefficient (Wildman–Crippen LogP) is 4.38. The number of rotatable bonds is 3. The fourth-order valence-corrected chi connectivity index (χ4v) is 4.25. The third-order valence-corrected chi connectivity index (χ3v) is 5.63. The Balaban J connectivity index is 1.78. The zero-order valence-electron chi connectivity index (χ0n) is 17.3. The molecule has 1 aromatic carbocycles. The SMILES string of the molecule is CC1=C(C(=O)Nc2ccc(C)cn2)[C@H](c2ccc(F)cc2)C2=C(C[C@@H](C)CC2=O)N1. The molecule has 2 heterocycles. The van der Waals surface area contributed by atoms with Crippen LogP contribution in [0.25, 0.3) is 0 Å². The highest BCUT2D eigenvalue weighted by molar-refractivity contribution is 6.09. The van der Waals surface area contributed by atoms with Gasteiger partial charge in [0.2, 0.25) is 0 Å². The third kappa shape index (κ3) is 3.77. The number of nitrogens with zero attached hydrogens (tertiary/aromatic N) is 1. The molecule has 4 rings (SSSR count). The van der Waals surface area contributed by atoms with Crippen molar-refractivity contribution >= 4 is 17.5 Å². The second-order valence-electron chi connectivity index (χ2n) is 8.15. The smallest absolute Gasteiger partial charge is 0.255 e. The minimum Gasteiger partial charge on any atom is -0.362 e. The van der Waals surface area contributed by atoms with Crippen LogP contribution in [0, 0.1) is 18.7 Å². The number of allylic oxidation sites excluding steroid dienone is 3. The fourth-order valence-electron chi connectivity index (χ4n) is 4.25. The Morgan fingerprint density at radius 3 is 2.53 bits per heavy atom. The number of hydrogen-bond acceptors (Lipinski definition) is 4. The molecule has 0 radical (unpaired) electrons. The number of benzene rings is 1. The van der Waals surface area contributed by atoms with Crippen molar-refractivity contribution in [2.75, 3.05) is 5.32 Å². The minimum atomic E-state index is -0.549. The number of Topliss-reactive ketones (excluding diaryl/α,β-unsaturated/α-hetero) is 1. The van der Waals surface area contributed by atoms with Gasteiger partial charge in [-0.3, -0.25) is 9.59 Å². The van der Waals surface area contributed by atoms with Crippen molar-refractivity contribution in [3.05, 3.63) is 82.1 Å². The summed E-state index contributed by atoms with van der Waals surface area (Å²) in [5.74, 6) is -0.543. The first-order valence-corrected chi connectivity index (χ1v) is 10.1. The molecule has 0 unspecified atom stereocenters. The molecule has 0 spiro atoms. The van der Waals surface area contributed by atoms with E-state index in [0.717, 1.165) is 23.2 Å². The number of nitrogens with one attached hydrogen (secondary N) is 2. The van der Waals surface area contributed by atoms with Gasteiger partial charge in [0.05, 0.1) is 0 Å². The van der Waals surface area contributed by atoms with E-state index in [4.69, 9.17) is 0 Å². The molecule has 2 N–H and O–H groups in total. The number of aromatic nitrogens is 1. The van der Waals surface area contributed by atoms with Gasteiger partial charge in [0.15, 0.2) is 5.78 Å². The molecule has 2 atom stereocenters. The Bertz CT molecular complexity index is 1070. The number of pyridine rings is 1. The van der Waals surface area contributed by atoms with Crippen molar-refractivity contribution in [3.8, 4) is 0 Å². The number of carbonyl (C=O) groups excluding carboxylic acids is 2. The topological polar surface area (TPSA) is 71.1 Å². The maximum absolute atomic E-state index is 13.6. The van der Waals surface area contributed by atoms with Gasteiger partial charge in [-0.2, -0.15) is 0 Å². The van der Waals surface area contributed by atoms with Gasteiger partial charge in [-0.25, -0.2) is 9.37 Å². The van der Waals surface area contributed by atoms with Crippen molar-refractivity contribution in [1.82, 2.24) is 10.3 Å². The molecule has 6 heteroatoms. The molecule has 30 heavy (non-hydrogen) atoms. The van der Waals surface area contributed by atoms with Crippen LogP contribution in [0.15, 0.2) is 65.1 Å². The first-order valence-electron chi connectivity index (χ1n) is 10.1. The van der Waals surface area contributed by atoms with E-state index in [-0.39, 0.29) is 23.4 Å². The zero-order chi connectivity index (χ0) is 21.4. The van der Waals surface area contributed by atoms with Crippen LogP contribution in [0.3, 0.4) is 0 Å². The summed E-state index contributed by atoms with van der Waals surface area (Å²) in [5.41, 5.74) is 4.31. The standard InChI is InChI=1S/C24H24FN3O2/c1-13-4-9-20(26-12-13)28-24(30)21-15(3)27-18-10-14(2)11-19(29)23(18)22(21)16-5-7-17(25)8-6-16/h4-9,12,14,22,27H,10-11H2,1-3H3,(H,26,28,30)/t14-,22+/m1/s1. The Labute approximate surface area is 175 Å². The monoisotopic (exact) mass is 405 g/mol. The summed E-state index contributed by atoms with van der Waals surface area (Å²) in [6.07, 6.45) is 2.86. The highest BCUT2D eigenvalue weighted by Gasteiger charge is 2.39. The van der Waals surface area contributed by atoms with Crippen LogP contribution in [0.4, 0.5) is 10.2 Å². The molecule has 1 aliphatic heterocycles. The highest BCUT2D eigenvalue weighted by atomic mass is 19.1. The first-order chi connectivity index (χ1) is 14.3. The normalized spacial score (nSPS) is 21.3. The van der Waals surface area contributed by atoms with Crippen LogP contribution in [0.2, 0.25) is 0 Å². The largest absolute Gasteiger partial charge is 0.362 e. The second-order valence-corrected chi connectivity index (χ2v) is 8.15. The summed E-state index contributed by atoms with van der Waals surface area (Å²) < 4.78 is 13.6. The van der Waals surface area contributed by atoms with E-state index in [9.17, 15) is 14.0 Å². The van der Waals surface area contributed by atoms with Crippen molar-refractivity contribution in [1.29, 1.82) is 0 Å². The molecule has 0 bridgehead atoms. The van der Waals surface area contributed by atoms with Crippen LogP contribution >= 0.6 is 0 Å². The number of carbonyl (C=O) groups is 2. The molecule has 2 aliphatic rings. The van der Waals surface area contributed by atoms with Gasteiger partial charge in [-0.15, -0.1) is 0 Å². The summed E-state index contributed by atoms with van der Waals surface area (Å²) >= 11 is 0. The number of anilines is 1. The summed E-state index contributed by atoms with van der Waals surface area (Å²) in [4.78, 5) is 30.6. The lowest BCUT2D eigenvalue weighted by molar-refractivity contribution is -0.117. The van der Waals surface area contributed by atoms with Crippen molar-refractivity contribution < 1.29 is 14.0 Å². The minimum absolute atomic E-state index is 0.0248. The molecule has 0 saturated carbocycles. The number of hydrogen-bond donors (Lipinski definition) is 2. The van der Waals surface area contributed by atoms with E-state index in [2.05, 4.69) is 15.6 Å². The van der Waals surface area contributed by atoms with Gasteiger partial charge < -0.3 is 10.6 Å². The molecule has 0 saturated heterocycles. The number of aryl methyl sites for hydroxylation is 1. The van der Waals surface area contributed by atoms with Crippen LogP contribution in [0.1, 0.15) is 43.7 Å². The summed E-state index contributed by atoms with van der Waals surface area (Å²) in [6, 6.07) is 9.62. The van der Waals surface area contributed by atoms with Gasteiger partial charge >= 0.3 is 0 Å². The number of halogens is 1. The zero-order valence-corrected chi connectivity index (χ0v) is 17.3. The van der Waals surface area contributed by atoms with E-state index in [1.54, 1.807) is 24.4 Å². The van der Waals surface area contributed by atoms with Crippen LogP contribution in [-0.4, -0.2) is 16.7 Å². The van der Waals surface area contributed by atoms with Crippen molar-refractivity contribution in [2.45, 2.75) is 39.5 Å². The van der Waals surface area contributed by atoms with E-state index in [1.807, 2.05) is 26.8 Å². The first kappa shape index (κ1) is 20.0. The summed E-state index contributed by atoms with van der Waals surface area (Å²) in [5, 5.41) is 6.14. The average Bonchev–Trinajstić information content (AvgIpc) is 2.69. The third-order valence-electron chi connectivity index (χ3n) is 5.63. The van der Waals surface area contributed by atoms with E-state index in [0.29, 0.717) is 29.1 Å². The summed E-state index contributed by atoms with van der Waals surface area (Å²) in [7, 11) is 0. The lowest BCUT2D eigenvalue weighted by Gasteiger charge is -2.36. The highest BCUT2D eigenvalue weighted by Crippen LogP contribution is 2.43. The molecule has 5 nitrogen and oxygen atoms in total. The van der Waals surface area contributed by atoms with Crippen LogP contribution < -0.4 is 10.6 Å². The molecule has 0 fully saturated rings. The second kappa shape index (κ2) is 7.86. The molecule has 1 amide bonds. The molecule has 1 aromatic heterocycles. The van der Waals surface area contributed by atoms with Crippen LogP contribution in [0.5, 0.6) is 0 Å². The van der Waals surface area contributed by atoms with Crippen LogP contribution in [-0.2, 0) is 9.59 Å². The van der Waals surface area contributed by atoms with E-state index >= 15 is 0 Å². The van der Waals surface area contributed by atoms with Gasteiger partial charge in [0, 0.05) is 41.1 Å². The maximum atomic E-state index is 13.6. The number of ketones is 1. The lowest BCUT2D eigenvalue weighted by Crippen LogP contribution is -2.37. The summed E-state index contributed by atoms with van der Waals surface area (Å²) in [6.45, 7) is 5.80. The molecular formula is C24H24FN3O2. The van der Waals surface area contributed by atoms with Crippen molar-refractivity contribution in [3.63, 3.8) is 0 Å². The fraction of sp³-hybridized carbons (Fsp3) is 0.292. The molecule has 1 aliphatic carbocycles. The Kier molecular flexibility index (Phi) is 5.24.